The average molecular weight is 1300 g/mol. The second-order valence-corrected chi connectivity index (χ2v) is 34.3. The maximum Gasteiger partial charge on any atom is 0.0465 e. The normalized spacial score (nSPS) is 15.8. The van der Waals surface area contributed by atoms with Gasteiger partial charge in [-0.3, -0.25) is 0 Å². The molecule has 0 unspecified atom stereocenters. The zero-order valence-electron chi connectivity index (χ0n) is 61.3. The molecule has 2 fully saturated rings. The summed E-state index contributed by atoms with van der Waals surface area (Å²) in [5.41, 5.74) is 31.1. The standard InChI is InChI=1S/C47H53N.C27H29N.C20H25Cl/c1-45(2,3)36-28-35(29-37(30-36)46(4,5)6)34-20-24-39(25-21-34)48(38-22-18-33(19-23-38)32-14-10-9-11-15-32)40-26-27-42-41-16-12-13-17-43(41)47(7,8)44(42)31-40;1-27(2)25-11-7-6-10-23(25)24-17-16-22(18-26(24)27)28-21-14-12-20(13-15-21)19-8-4-3-5-9-19;1-19(2,3)16-11-15(12-17(13-16)20(4,5)6)14-7-9-18(21)10-8-14/h12-13,16-32H,9-11,14-15H2,1-8H3;6-7,10-19,28H,3-5,8-9H2,1-2H3;7-13H,1-6H3. The van der Waals surface area contributed by atoms with Gasteiger partial charge in [-0.05, 0) is 232 Å². The molecule has 0 atom stereocenters. The highest BCUT2D eigenvalue weighted by atomic mass is 35.5. The summed E-state index contributed by atoms with van der Waals surface area (Å²) < 4.78 is 0. The molecule has 4 aliphatic carbocycles. The van der Waals surface area contributed by atoms with Crippen molar-refractivity contribution in [3.8, 4) is 44.5 Å². The van der Waals surface area contributed by atoms with Crippen LogP contribution in [0.15, 0.2) is 218 Å². The van der Waals surface area contributed by atoms with Crippen molar-refractivity contribution in [3.05, 3.63) is 279 Å². The fraction of sp³-hybridized carbons (Fsp3) is 0.362. The van der Waals surface area contributed by atoms with Crippen LogP contribution in [-0.4, -0.2) is 0 Å². The largest absolute Gasteiger partial charge is 0.356 e. The number of halogens is 1. The molecule has 0 spiro atoms. The first-order valence-electron chi connectivity index (χ1n) is 36.5. The van der Waals surface area contributed by atoms with E-state index in [1.807, 2.05) is 12.1 Å². The van der Waals surface area contributed by atoms with Gasteiger partial charge in [0.05, 0.1) is 0 Å². The smallest absolute Gasteiger partial charge is 0.0465 e. The Morgan fingerprint density at radius 1 is 0.320 bits per heavy atom. The number of rotatable bonds is 9. The van der Waals surface area contributed by atoms with Gasteiger partial charge in [-0.2, -0.15) is 0 Å². The van der Waals surface area contributed by atoms with Gasteiger partial charge >= 0.3 is 0 Å². The molecule has 0 bridgehead atoms. The highest BCUT2D eigenvalue weighted by molar-refractivity contribution is 6.30. The summed E-state index contributed by atoms with van der Waals surface area (Å²) in [6, 6.07) is 81.9. The van der Waals surface area contributed by atoms with Gasteiger partial charge in [0.25, 0.3) is 0 Å². The first kappa shape index (κ1) is 69.0. The van der Waals surface area contributed by atoms with Crippen LogP contribution in [0.2, 0.25) is 5.02 Å². The van der Waals surface area contributed by atoms with E-state index in [1.54, 1.807) is 0 Å². The first-order valence-corrected chi connectivity index (χ1v) is 36.8. The second-order valence-electron chi connectivity index (χ2n) is 33.8. The minimum atomic E-state index is -0.0505. The van der Waals surface area contributed by atoms with Crippen LogP contribution in [0.3, 0.4) is 0 Å². The summed E-state index contributed by atoms with van der Waals surface area (Å²) in [7, 11) is 0. The summed E-state index contributed by atoms with van der Waals surface area (Å²) >= 11 is 6.01. The molecular formula is C94H107ClN2. The van der Waals surface area contributed by atoms with Crippen molar-refractivity contribution in [3.63, 3.8) is 0 Å². The van der Waals surface area contributed by atoms with E-state index >= 15 is 0 Å². The average Bonchev–Trinajstić information content (AvgIpc) is 1.60. The molecule has 10 aromatic carbocycles. The third kappa shape index (κ3) is 15.1. The lowest BCUT2D eigenvalue weighted by molar-refractivity contribution is 0.443. The fourth-order valence-electron chi connectivity index (χ4n) is 15.6. The van der Waals surface area contributed by atoms with E-state index in [9.17, 15) is 0 Å². The quantitative estimate of drug-likeness (QED) is 0.155. The summed E-state index contributed by atoms with van der Waals surface area (Å²) in [5.74, 6) is 1.46. The SMILES string of the molecule is CC(C)(C)c1cc(-c2ccc(Cl)cc2)cc(C(C)(C)C)c1.CC(C)(C)c1cc(-c2ccc(N(c3ccc(C4CCCCC4)cc3)c3ccc4c(c3)C(C)(C)c3ccccc3-4)cc2)cc(C(C)(C)C)c1.CC1(C)c2ccccc2-c2ccc(Nc3ccc(C4CCCCC4)cc3)cc21. The molecule has 500 valence electrons. The third-order valence-corrected chi connectivity index (χ3v) is 22.1. The molecule has 0 aromatic heterocycles. The van der Waals surface area contributed by atoms with Crippen LogP contribution in [0.1, 0.15) is 242 Å². The van der Waals surface area contributed by atoms with E-state index < -0.39 is 0 Å². The van der Waals surface area contributed by atoms with E-state index in [2.05, 4.69) is 327 Å². The minimum absolute atomic E-state index is 0.0501. The van der Waals surface area contributed by atoms with Crippen molar-refractivity contribution in [2.75, 3.05) is 10.2 Å². The molecule has 0 amide bonds. The van der Waals surface area contributed by atoms with E-state index in [0.29, 0.717) is 5.92 Å². The number of anilines is 5. The van der Waals surface area contributed by atoms with E-state index in [1.165, 1.54) is 193 Å². The van der Waals surface area contributed by atoms with Crippen LogP contribution >= 0.6 is 11.6 Å². The Kier molecular flexibility index (Phi) is 19.5. The molecule has 2 nitrogen and oxygen atoms in total. The highest BCUT2D eigenvalue weighted by Crippen LogP contribution is 2.52. The maximum atomic E-state index is 6.01. The van der Waals surface area contributed by atoms with E-state index in [-0.39, 0.29) is 32.5 Å². The number of fused-ring (bicyclic) bond motifs is 6. The van der Waals surface area contributed by atoms with Crippen LogP contribution in [0.25, 0.3) is 44.5 Å². The molecule has 0 saturated heterocycles. The zero-order chi connectivity index (χ0) is 68.8. The molecule has 0 heterocycles. The van der Waals surface area contributed by atoms with Gasteiger partial charge in [-0.1, -0.05) is 306 Å². The van der Waals surface area contributed by atoms with Crippen molar-refractivity contribution in [1.29, 1.82) is 0 Å². The van der Waals surface area contributed by atoms with Crippen molar-refractivity contribution >= 4 is 40.0 Å². The number of nitrogens with zero attached hydrogens (tertiary/aromatic N) is 1. The predicted octanol–water partition coefficient (Wildman–Crippen LogP) is 28.2. The summed E-state index contributed by atoms with van der Waals surface area (Å²) in [6.45, 7) is 36.9. The minimum Gasteiger partial charge on any atom is -0.356 e. The number of benzene rings is 10. The van der Waals surface area contributed by atoms with Crippen LogP contribution < -0.4 is 10.2 Å². The first-order chi connectivity index (χ1) is 46.0. The number of hydrogen-bond acceptors (Lipinski definition) is 2. The van der Waals surface area contributed by atoms with Gasteiger partial charge in [0.15, 0.2) is 0 Å². The molecule has 4 aliphatic rings. The monoisotopic (exact) mass is 1300 g/mol. The maximum absolute atomic E-state index is 6.01. The van der Waals surface area contributed by atoms with Gasteiger partial charge in [0.2, 0.25) is 0 Å². The molecule has 2 saturated carbocycles. The van der Waals surface area contributed by atoms with Crippen molar-refractivity contribution in [2.24, 2.45) is 0 Å². The van der Waals surface area contributed by atoms with Crippen LogP contribution in [-0.2, 0) is 32.5 Å². The molecule has 14 rings (SSSR count). The fourth-order valence-corrected chi connectivity index (χ4v) is 15.7. The highest BCUT2D eigenvalue weighted by Gasteiger charge is 2.37. The summed E-state index contributed by atoms with van der Waals surface area (Å²) in [4.78, 5) is 2.46. The van der Waals surface area contributed by atoms with Gasteiger partial charge in [0, 0.05) is 44.3 Å². The molecule has 1 N–H and O–H groups in total. The van der Waals surface area contributed by atoms with Crippen LogP contribution in [0.4, 0.5) is 28.4 Å². The van der Waals surface area contributed by atoms with Gasteiger partial charge in [0.1, 0.15) is 0 Å². The topological polar surface area (TPSA) is 15.3 Å². The Hall–Kier alpha value is -7.91. The number of hydrogen-bond donors (Lipinski definition) is 1. The van der Waals surface area contributed by atoms with Crippen LogP contribution in [0.5, 0.6) is 0 Å². The molecule has 10 aromatic rings. The van der Waals surface area contributed by atoms with Crippen molar-refractivity contribution < 1.29 is 0 Å². The van der Waals surface area contributed by atoms with Crippen LogP contribution in [0, 0.1) is 0 Å². The Labute approximate surface area is 589 Å². The lowest BCUT2D eigenvalue weighted by atomic mass is 9.79. The predicted molar refractivity (Wildman–Crippen MR) is 421 cm³/mol. The second kappa shape index (κ2) is 27.4. The Morgan fingerprint density at radius 2 is 0.660 bits per heavy atom. The lowest BCUT2D eigenvalue weighted by Gasteiger charge is -2.29. The Bertz CT molecular complexity index is 4320. The molecule has 3 heteroatoms. The number of nitrogens with one attached hydrogen (secondary N) is 1. The Balaban J connectivity index is 0.000000154. The van der Waals surface area contributed by atoms with Gasteiger partial charge < -0.3 is 10.2 Å². The van der Waals surface area contributed by atoms with E-state index in [4.69, 9.17) is 11.6 Å². The molecule has 0 radical (unpaired) electrons. The Morgan fingerprint density at radius 3 is 1.08 bits per heavy atom. The molecular weight excluding hydrogens is 1190 g/mol. The van der Waals surface area contributed by atoms with Crippen molar-refractivity contribution in [1.82, 2.24) is 0 Å². The van der Waals surface area contributed by atoms with E-state index in [0.717, 1.165) is 10.9 Å². The zero-order valence-corrected chi connectivity index (χ0v) is 62.1. The summed E-state index contributed by atoms with van der Waals surface area (Å²) in [6.07, 6.45) is 13.6. The van der Waals surface area contributed by atoms with Crippen molar-refractivity contribution in [2.45, 2.75) is 219 Å². The molecule has 0 aliphatic heterocycles. The lowest BCUT2D eigenvalue weighted by Crippen LogP contribution is -2.17. The molecule has 97 heavy (non-hydrogen) atoms. The summed E-state index contributed by atoms with van der Waals surface area (Å²) in [5, 5.41) is 4.41. The van der Waals surface area contributed by atoms with Gasteiger partial charge in [-0.15, -0.1) is 0 Å². The van der Waals surface area contributed by atoms with Gasteiger partial charge in [-0.25, -0.2) is 0 Å². The third-order valence-electron chi connectivity index (χ3n) is 21.9.